The molecule has 0 amide bonds. The Hall–Kier alpha value is -0.120. The van der Waals surface area contributed by atoms with E-state index in [1.54, 1.807) is 0 Å². The molecule has 0 saturated carbocycles. The van der Waals surface area contributed by atoms with E-state index < -0.39 is 0 Å². The number of rotatable bonds is 10. The molecule has 4 atom stereocenters. The van der Waals surface area contributed by atoms with Gasteiger partial charge in [0.05, 0.1) is 12.2 Å². The first-order valence-corrected chi connectivity index (χ1v) is 8.16. The summed E-state index contributed by atoms with van der Waals surface area (Å²) in [5, 5.41) is 0. The van der Waals surface area contributed by atoms with Crippen molar-refractivity contribution in [2.75, 3.05) is 26.4 Å². The van der Waals surface area contributed by atoms with Gasteiger partial charge in [0.2, 0.25) is 0 Å². The average molecular weight is 270 g/mol. The van der Waals surface area contributed by atoms with Gasteiger partial charge in [0.15, 0.2) is 0 Å². The fraction of sp³-hybridized carbons (Fsp3) is 1.00. The van der Waals surface area contributed by atoms with Gasteiger partial charge in [0.1, 0.15) is 0 Å². The van der Waals surface area contributed by atoms with E-state index >= 15 is 0 Å². The van der Waals surface area contributed by atoms with Gasteiger partial charge >= 0.3 is 0 Å². The van der Waals surface area contributed by atoms with Gasteiger partial charge in [-0.15, -0.1) is 0 Å². The zero-order valence-corrected chi connectivity index (χ0v) is 12.6. The molecule has 2 rings (SSSR count). The maximum atomic E-state index is 5.82. The Balaban J connectivity index is 1.50. The summed E-state index contributed by atoms with van der Waals surface area (Å²) in [6.45, 7) is 8.21. The highest BCUT2D eigenvalue weighted by molar-refractivity contribution is 4.76. The van der Waals surface area contributed by atoms with Gasteiger partial charge in [0, 0.05) is 26.4 Å². The minimum atomic E-state index is 0.514. The van der Waals surface area contributed by atoms with Crippen LogP contribution in [-0.4, -0.2) is 38.6 Å². The minimum Gasteiger partial charge on any atom is -0.381 e. The van der Waals surface area contributed by atoms with Crippen molar-refractivity contribution < 1.29 is 14.2 Å². The summed E-state index contributed by atoms with van der Waals surface area (Å²) >= 11 is 0. The number of ether oxygens (including phenoxy) is 3. The summed E-state index contributed by atoms with van der Waals surface area (Å²) in [7, 11) is 0. The SMILES string of the molecule is CCC(CCOCCC(CC)C1CCO1)C1CCO1. The molecule has 2 saturated heterocycles. The van der Waals surface area contributed by atoms with Crippen molar-refractivity contribution in [2.45, 2.75) is 64.6 Å². The van der Waals surface area contributed by atoms with Crippen LogP contribution in [0, 0.1) is 11.8 Å². The maximum Gasteiger partial charge on any atom is 0.0625 e. The smallest absolute Gasteiger partial charge is 0.0625 e. The second kappa shape index (κ2) is 8.23. The Morgan fingerprint density at radius 3 is 1.58 bits per heavy atom. The van der Waals surface area contributed by atoms with Gasteiger partial charge in [-0.25, -0.2) is 0 Å². The molecular weight excluding hydrogens is 240 g/mol. The van der Waals surface area contributed by atoms with Crippen LogP contribution in [0.15, 0.2) is 0 Å². The number of hydrogen-bond acceptors (Lipinski definition) is 3. The Kier molecular flexibility index (Phi) is 6.62. The summed E-state index contributed by atoms with van der Waals surface area (Å²) in [5.41, 5.74) is 0. The first kappa shape index (κ1) is 15.3. The lowest BCUT2D eigenvalue weighted by Gasteiger charge is -2.34. The van der Waals surface area contributed by atoms with Gasteiger partial charge in [0.25, 0.3) is 0 Å². The lowest BCUT2D eigenvalue weighted by Crippen LogP contribution is -2.35. The molecule has 0 aromatic rings. The van der Waals surface area contributed by atoms with Crippen molar-refractivity contribution in [3.8, 4) is 0 Å². The second-order valence-corrected chi connectivity index (χ2v) is 5.92. The van der Waals surface area contributed by atoms with Gasteiger partial charge in [-0.2, -0.15) is 0 Å². The van der Waals surface area contributed by atoms with Crippen LogP contribution in [0.25, 0.3) is 0 Å². The van der Waals surface area contributed by atoms with E-state index in [4.69, 9.17) is 14.2 Å². The largest absolute Gasteiger partial charge is 0.381 e. The predicted octanol–water partition coefficient (Wildman–Crippen LogP) is 3.41. The molecule has 3 nitrogen and oxygen atoms in total. The molecule has 0 aliphatic carbocycles. The molecule has 2 aliphatic rings. The molecule has 2 fully saturated rings. The zero-order valence-electron chi connectivity index (χ0n) is 12.6. The Morgan fingerprint density at radius 1 is 0.895 bits per heavy atom. The van der Waals surface area contributed by atoms with E-state index in [0.29, 0.717) is 24.0 Å². The van der Waals surface area contributed by atoms with Crippen LogP contribution < -0.4 is 0 Å². The first-order chi connectivity index (χ1) is 9.35. The fourth-order valence-electron chi connectivity index (χ4n) is 3.13. The highest BCUT2D eigenvalue weighted by Gasteiger charge is 2.27. The lowest BCUT2D eigenvalue weighted by atomic mass is 9.91. The average Bonchev–Trinajstić information content (AvgIpc) is 2.30. The van der Waals surface area contributed by atoms with E-state index in [-0.39, 0.29) is 0 Å². The van der Waals surface area contributed by atoms with E-state index in [1.165, 1.54) is 25.7 Å². The molecular formula is C16H30O3. The van der Waals surface area contributed by atoms with Gasteiger partial charge in [-0.1, -0.05) is 26.7 Å². The van der Waals surface area contributed by atoms with Crippen molar-refractivity contribution >= 4 is 0 Å². The second-order valence-electron chi connectivity index (χ2n) is 5.92. The summed E-state index contributed by atoms with van der Waals surface area (Å²) < 4.78 is 17.0. The molecule has 0 aromatic heterocycles. The van der Waals surface area contributed by atoms with Crippen LogP contribution in [0.2, 0.25) is 0 Å². The minimum absolute atomic E-state index is 0.514. The molecule has 4 unspecified atom stereocenters. The highest BCUT2D eigenvalue weighted by atomic mass is 16.5. The molecule has 0 aromatic carbocycles. The van der Waals surface area contributed by atoms with Gasteiger partial charge in [-0.05, 0) is 37.5 Å². The van der Waals surface area contributed by atoms with Crippen LogP contribution in [0.4, 0.5) is 0 Å². The molecule has 2 aliphatic heterocycles. The predicted molar refractivity (Wildman–Crippen MR) is 76.3 cm³/mol. The Bertz CT molecular complexity index is 212. The molecule has 3 heteroatoms. The standard InChI is InChI=1S/C16H30O3/c1-3-13(15-7-11-18-15)5-9-17-10-6-14(4-2)16-8-12-19-16/h13-16H,3-12H2,1-2H3. The fourth-order valence-corrected chi connectivity index (χ4v) is 3.13. The van der Waals surface area contributed by atoms with E-state index in [2.05, 4.69) is 13.8 Å². The summed E-state index contributed by atoms with van der Waals surface area (Å²) in [5.74, 6) is 1.40. The summed E-state index contributed by atoms with van der Waals surface area (Å²) in [6.07, 6.45) is 8.24. The van der Waals surface area contributed by atoms with Crippen LogP contribution >= 0.6 is 0 Å². The van der Waals surface area contributed by atoms with Crippen LogP contribution in [0.5, 0.6) is 0 Å². The highest BCUT2D eigenvalue weighted by Crippen LogP contribution is 2.27. The van der Waals surface area contributed by atoms with Gasteiger partial charge in [-0.3, -0.25) is 0 Å². The van der Waals surface area contributed by atoms with Gasteiger partial charge < -0.3 is 14.2 Å². The molecule has 0 radical (unpaired) electrons. The first-order valence-electron chi connectivity index (χ1n) is 8.16. The zero-order chi connectivity index (χ0) is 13.5. The van der Waals surface area contributed by atoms with Crippen molar-refractivity contribution in [1.82, 2.24) is 0 Å². The van der Waals surface area contributed by atoms with Crippen LogP contribution in [0.3, 0.4) is 0 Å². The van der Waals surface area contributed by atoms with E-state index in [0.717, 1.165) is 39.3 Å². The third-order valence-corrected chi connectivity index (χ3v) is 4.83. The lowest BCUT2D eigenvalue weighted by molar-refractivity contribution is -0.0965. The normalized spacial score (nSPS) is 29.4. The molecule has 0 N–H and O–H groups in total. The quantitative estimate of drug-likeness (QED) is 0.569. The molecule has 0 bridgehead atoms. The van der Waals surface area contributed by atoms with Crippen molar-refractivity contribution in [3.63, 3.8) is 0 Å². The molecule has 19 heavy (non-hydrogen) atoms. The Morgan fingerprint density at radius 2 is 1.32 bits per heavy atom. The van der Waals surface area contributed by atoms with E-state index in [9.17, 15) is 0 Å². The monoisotopic (exact) mass is 270 g/mol. The van der Waals surface area contributed by atoms with Crippen molar-refractivity contribution in [1.29, 1.82) is 0 Å². The Labute approximate surface area is 118 Å². The molecule has 0 spiro atoms. The van der Waals surface area contributed by atoms with Crippen LogP contribution in [-0.2, 0) is 14.2 Å². The van der Waals surface area contributed by atoms with Crippen molar-refractivity contribution in [2.24, 2.45) is 11.8 Å². The summed E-state index contributed by atoms with van der Waals surface area (Å²) in [6, 6.07) is 0. The van der Waals surface area contributed by atoms with Crippen LogP contribution in [0.1, 0.15) is 52.4 Å². The van der Waals surface area contributed by atoms with Crippen molar-refractivity contribution in [3.05, 3.63) is 0 Å². The van der Waals surface area contributed by atoms with E-state index in [1.807, 2.05) is 0 Å². The third kappa shape index (κ3) is 4.44. The molecule has 2 heterocycles. The number of hydrogen-bond donors (Lipinski definition) is 0. The maximum absolute atomic E-state index is 5.82. The third-order valence-electron chi connectivity index (χ3n) is 4.83. The summed E-state index contributed by atoms with van der Waals surface area (Å²) in [4.78, 5) is 0. The molecule has 112 valence electrons. The topological polar surface area (TPSA) is 27.7 Å².